The Morgan fingerprint density at radius 2 is 2.25 bits per heavy atom. The van der Waals surface area contributed by atoms with Gasteiger partial charge in [-0.2, -0.15) is 0 Å². The summed E-state index contributed by atoms with van der Waals surface area (Å²) in [7, 11) is 0. The van der Waals surface area contributed by atoms with E-state index in [1.165, 1.54) is 0 Å². The van der Waals surface area contributed by atoms with Crippen molar-refractivity contribution in [3.63, 3.8) is 0 Å². The van der Waals surface area contributed by atoms with Crippen molar-refractivity contribution >= 4 is 5.82 Å². The maximum Gasteiger partial charge on any atom is 0.293 e. The highest BCUT2D eigenvalue weighted by Crippen LogP contribution is 2.44. The van der Waals surface area contributed by atoms with Crippen LogP contribution < -0.4 is 10.9 Å². The average Bonchev–Trinajstić information content (AvgIpc) is 3.24. The second kappa shape index (κ2) is 4.88. The summed E-state index contributed by atoms with van der Waals surface area (Å²) in [5.41, 5.74) is 0.0374. The van der Waals surface area contributed by atoms with E-state index in [0.717, 1.165) is 25.9 Å². The molecule has 0 radical (unpaired) electrons. The van der Waals surface area contributed by atoms with E-state index in [1.54, 1.807) is 17.0 Å². The Hall–Kier alpha value is -1.36. The number of aromatic nitrogens is 2. The number of nitrogens with zero attached hydrogens (tertiary/aromatic N) is 2. The normalized spacial score (nSPS) is 27.9. The quantitative estimate of drug-likeness (QED) is 0.896. The first kappa shape index (κ1) is 13.6. The zero-order valence-electron chi connectivity index (χ0n) is 12.4. The van der Waals surface area contributed by atoms with E-state index in [-0.39, 0.29) is 23.1 Å². The lowest BCUT2D eigenvalue weighted by atomic mass is 9.64. The molecule has 5 heteroatoms. The Balaban J connectivity index is 1.73. The molecule has 0 aromatic carbocycles. The van der Waals surface area contributed by atoms with Crippen LogP contribution in [0.15, 0.2) is 17.2 Å². The molecule has 1 aromatic rings. The molecule has 2 fully saturated rings. The van der Waals surface area contributed by atoms with Gasteiger partial charge >= 0.3 is 0 Å². The standard InChI is InChI=1S/C15H23N3O2/c1-4-20-12-9-11(15(12,2)3)17-13-14(19)18(8-7-16-13)10-5-6-10/h7-8,10-12H,4-6,9H2,1-3H3,(H,16,17). The molecular weight excluding hydrogens is 254 g/mol. The van der Waals surface area contributed by atoms with Crippen LogP contribution in [0.1, 0.15) is 46.1 Å². The number of anilines is 1. The second-order valence-corrected chi connectivity index (χ2v) is 6.42. The summed E-state index contributed by atoms with van der Waals surface area (Å²) >= 11 is 0. The van der Waals surface area contributed by atoms with Gasteiger partial charge < -0.3 is 14.6 Å². The highest BCUT2D eigenvalue weighted by Gasteiger charge is 2.49. The smallest absolute Gasteiger partial charge is 0.293 e. The topological polar surface area (TPSA) is 56.1 Å². The number of nitrogens with one attached hydrogen (secondary N) is 1. The Bertz CT molecular complexity index is 548. The summed E-state index contributed by atoms with van der Waals surface area (Å²) in [6, 6.07) is 0.630. The van der Waals surface area contributed by atoms with Crippen LogP contribution in [0, 0.1) is 5.41 Å². The van der Waals surface area contributed by atoms with Gasteiger partial charge in [0.15, 0.2) is 5.82 Å². The largest absolute Gasteiger partial charge is 0.378 e. The van der Waals surface area contributed by atoms with Crippen molar-refractivity contribution in [1.82, 2.24) is 9.55 Å². The van der Waals surface area contributed by atoms with Gasteiger partial charge in [0, 0.05) is 36.5 Å². The van der Waals surface area contributed by atoms with Gasteiger partial charge in [-0.05, 0) is 26.2 Å². The third-order valence-electron chi connectivity index (χ3n) is 4.66. The second-order valence-electron chi connectivity index (χ2n) is 6.42. The van der Waals surface area contributed by atoms with E-state index in [0.29, 0.717) is 11.9 Å². The third-order valence-corrected chi connectivity index (χ3v) is 4.66. The predicted octanol–water partition coefficient (Wildman–Crippen LogP) is 2.19. The molecule has 2 saturated carbocycles. The van der Waals surface area contributed by atoms with Crippen molar-refractivity contribution in [2.24, 2.45) is 5.41 Å². The molecule has 20 heavy (non-hydrogen) atoms. The van der Waals surface area contributed by atoms with Crippen LogP contribution in [0.2, 0.25) is 0 Å². The highest BCUT2D eigenvalue weighted by atomic mass is 16.5. The molecule has 2 atom stereocenters. The van der Waals surface area contributed by atoms with Crippen LogP contribution in [-0.2, 0) is 4.74 Å². The summed E-state index contributed by atoms with van der Waals surface area (Å²) in [6.07, 6.45) is 6.91. The monoisotopic (exact) mass is 277 g/mol. The molecule has 1 aromatic heterocycles. The summed E-state index contributed by atoms with van der Waals surface area (Å²) in [6.45, 7) is 7.11. The van der Waals surface area contributed by atoms with Crippen LogP contribution in [0.25, 0.3) is 0 Å². The number of hydrogen-bond donors (Lipinski definition) is 1. The van der Waals surface area contributed by atoms with Crippen LogP contribution in [0.4, 0.5) is 5.82 Å². The van der Waals surface area contributed by atoms with Crippen LogP contribution >= 0.6 is 0 Å². The van der Waals surface area contributed by atoms with Crippen LogP contribution in [-0.4, -0.2) is 28.3 Å². The van der Waals surface area contributed by atoms with Gasteiger partial charge in [-0.15, -0.1) is 0 Å². The molecular formula is C15H23N3O2. The van der Waals surface area contributed by atoms with Gasteiger partial charge in [0.2, 0.25) is 0 Å². The first-order valence-corrected chi connectivity index (χ1v) is 7.49. The summed E-state index contributed by atoms with van der Waals surface area (Å²) in [5.74, 6) is 0.479. The minimum atomic E-state index is 0.00524. The molecule has 5 nitrogen and oxygen atoms in total. The molecule has 0 bridgehead atoms. The molecule has 110 valence electrons. The Labute approximate surface area is 119 Å². The third kappa shape index (κ3) is 2.24. The lowest BCUT2D eigenvalue weighted by molar-refractivity contribution is -0.0977. The van der Waals surface area contributed by atoms with E-state index >= 15 is 0 Å². The van der Waals surface area contributed by atoms with E-state index in [9.17, 15) is 4.79 Å². The summed E-state index contributed by atoms with van der Waals surface area (Å²) in [5, 5.41) is 3.32. The summed E-state index contributed by atoms with van der Waals surface area (Å²) in [4.78, 5) is 16.6. The molecule has 2 aliphatic rings. The molecule has 3 rings (SSSR count). The van der Waals surface area contributed by atoms with Gasteiger partial charge in [0.05, 0.1) is 6.10 Å². The lowest BCUT2D eigenvalue weighted by Crippen LogP contribution is -2.58. The van der Waals surface area contributed by atoms with Gasteiger partial charge in [-0.1, -0.05) is 13.8 Å². The number of hydrogen-bond acceptors (Lipinski definition) is 4. The first-order chi connectivity index (χ1) is 9.54. The van der Waals surface area contributed by atoms with Crippen LogP contribution in [0.5, 0.6) is 0 Å². The minimum absolute atomic E-state index is 0.00524. The van der Waals surface area contributed by atoms with Crippen molar-refractivity contribution < 1.29 is 4.74 Å². The fourth-order valence-corrected chi connectivity index (χ4v) is 2.94. The van der Waals surface area contributed by atoms with Crippen molar-refractivity contribution in [2.75, 3.05) is 11.9 Å². The van der Waals surface area contributed by atoms with E-state index in [2.05, 4.69) is 24.1 Å². The SMILES string of the molecule is CCOC1CC(Nc2nccn(C3CC3)c2=O)C1(C)C. The van der Waals surface area contributed by atoms with Crippen molar-refractivity contribution in [2.45, 2.75) is 58.2 Å². The Morgan fingerprint density at radius 1 is 1.50 bits per heavy atom. The fourth-order valence-electron chi connectivity index (χ4n) is 2.94. The van der Waals surface area contributed by atoms with E-state index in [1.807, 2.05) is 6.92 Å². The molecule has 0 spiro atoms. The zero-order valence-corrected chi connectivity index (χ0v) is 12.4. The highest BCUT2D eigenvalue weighted by molar-refractivity contribution is 5.35. The maximum absolute atomic E-state index is 12.4. The average molecular weight is 277 g/mol. The first-order valence-electron chi connectivity index (χ1n) is 7.49. The predicted molar refractivity (Wildman–Crippen MR) is 78.0 cm³/mol. The maximum atomic E-state index is 12.4. The Kier molecular flexibility index (Phi) is 3.32. The van der Waals surface area contributed by atoms with Crippen molar-refractivity contribution in [3.05, 3.63) is 22.7 Å². The molecule has 1 heterocycles. The molecule has 2 unspecified atom stereocenters. The van der Waals surface area contributed by atoms with Crippen LogP contribution in [0.3, 0.4) is 0 Å². The minimum Gasteiger partial charge on any atom is -0.378 e. The number of rotatable bonds is 5. The molecule has 0 aliphatic heterocycles. The van der Waals surface area contributed by atoms with Gasteiger partial charge in [0.1, 0.15) is 0 Å². The lowest BCUT2D eigenvalue weighted by Gasteiger charge is -2.51. The molecule has 0 saturated heterocycles. The van der Waals surface area contributed by atoms with Gasteiger partial charge in [-0.25, -0.2) is 4.98 Å². The van der Waals surface area contributed by atoms with Gasteiger partial charge in [0.25, 0.3) is 5.56 Å². The zero-order chi connectivity index (χ0) is 14.3. The van der Waals surface area contributed by atoms with Crippen molar-refractivity contribution in [3.8, 4) is 0 Å². The van der Waals surface area contributed by atoms with E-state index in [4.69, 9.17) is 4.74 Å². The molecule has 2 aliphatic carbocycles. The van der Waals surface area contributed by atoms with Crippen molar-refractivity contribution in [1.29, 1.82) is 0 Å². The fraction of sp³-hybridized carbons (Fsp3) is 0.733. The van der Waals surface area contributed by atoms with E-state index < -0.39 is 0 Å². The number of ether oxygens (including phenoxy) is 1. The molecule has 0 amide bonds. The van der Waals surface area contributed by atoms with Gasteiger partial charge in [-0.3, -0.25) is 4.79 Å². The molecule has 1 N–H and O–H groups in total. The Morgan fingerprint density at radius 3 is 2.85 bits per heavy atom. The summed E-state index contributed by atoms with van der Waals surface area (Å²) < 4.78 is 7.53.